The average molecular weight is 273 g/mol. The minimum atomic E-state index is 0.888. The molecule has 4 aromatic rings. The van der Waals surface area contributed by atoms with Gasteiger partial charge in [-0.05, 0) is 23.6 Å². The number of aryl methyl sites for hydroxylation is 1. The third kappa shape index (κ3) is 1.91. The van der Waals surface area contributed by atoms with Gasteiger partial charge in [-0.15, -0.1) is 0 Å². The van der Waals surface area contributed by atoms with Gasteiger partial charge in [0, 0.05) is 28.7 Å². The minimum Gasteiger partial charge on any atom is -0.455 e. The van der Waals surface area contributed by atoms with Gasteiger partial charge in [0.1, 0.15) is 11.2 Å². The largest absolute Gasteiger partial charge is 0.455 e. The van der Waals surface area contributed by atoms with Crippen LogP contribution in [0, 0.1) is 0 Å². The van der Waals surface area contributed by atoms with Crippen molar-refractivity contribution < 1.29 is 4.42 Å². The Morgan fingerprint density at radius 1 is 1.00 bits per heavy atom. The van der Waals surface area contributed by atoms with Crippen LogP contribution < -0.4 is 0 Å². The van der Waals surface area contributed by atoms with Crippen LogP contribution in [-0.4, -0.2) is 4.98 Å². The molecule has 0 aliphatic rings. The number of fused-ring (bicyclic) bond motifs is 3. The van der Waals surface area contributed by atoms with E-state index >= 15 is 0 Å². The first-order valence-corrected chi connectivity index (χ1v) is 7.21. The van der Waals surface area contributed by atoms with Crippen LogP contribution in [0.25, 0.3) is 33.1 Å². The van der Waals surface area contributed by atoms with Crippen molar-refractivity contribution in [1.82, 2.24) is 4.98 Å². The highest BCUT2D eigenvalue weighted by Crippen LogP contribution is 2.35. The van der Waals surface area contributed by atoms with Gasteiger partial charge in [0.2, 0.25) is 0 Å². The molecule has 2 heterocycles. The van der Waals surface area contributed by atoms with E-state index in [1.54, 1.807) is 6.20 Å². The van der Waals surface area contributed by atoms with Gasteiger partial charge in [0.25, 0.3) is 0 Å². The van der Waals surface area contributed by atoms with Crippen LogP contribution in [0.3, 0.4) is 0 Å². The van der Waals surface area contributed by atoms with Crippen LogP contribution in [0.2, 0.25) is 0 Å². The Kier molecular flexibility index (Phi) is 2.74. The fraction of sp³-hybridized carbons (Fsp3) is 0.105. The van der Waals surface area contributed by atoms with Crippen molar-refractivity contribution in [2.45, 2.75) is 13.3 Å². The maximum atomic E-state index is 6.07. The molecule has 0 saturated carbocycles. The predicted molar refractivity (Wildman–Crippen MR) is 86.3 cm³/mol. The van der Waals surface area contributed by atoms with E-state index in [0.29, 0.717) is 0 Å². The standard InChI is InChI=1S/C19H15NO/c1-2-13-5-3-6-14(11-13)15-7-4-8-16-17-12-20-10-9-18(17)21-19(15)16/h3-12H,2H2,1H3. The van der Waals surface area contributed by atoms with E-state index < -0.39 is 0 Å². The summed E-state index contributed by atoms with van der Waals surface area (Å²) in [6, 6.07) is 16.9. The molecule has 0 saturated heterocycles. The molecule has 21 heavy (non-hydrogen) atoms. The second kappa shape index (κ2) is 4.74. The SMILES string of the molecule is CCc1cccc(-c2cccc3c2oc2ccncc23)c1. The van der Waals surface area contributed by atoms with Gasteiger partial charge in [0.05, 0.1) is 0 Å². The van der Waals surface area contributed by atoms with E-state index in [4.69, 9.17) is 4.42 Å². The number of nitrogens with zero attached hydrogens (tertiary/aromatic N) is 1. The summed E-state index contributed by atoms with van der Waals surface area (Å²) < 4.78 is 6.07. The first-order valence-electron chi connectivity index (χ1n) is 7.21. The molecule has 0 amide bonds. The molecule has 2 nitrogen and oxygen atoms in total. The molecule has 2 aromatic heterocycles. The average Bonchev–Trinajstić information content (AvgIpc) is 2.93. The summed E-state index contributed by atoms with van der Waals surface area (Å²) in [5.74, 6) is 0. The van der Waals surface area contributed by atoms with Crippen LogP contribution >= 0.6 is 0 Å². The van der Waals surface area contributed by atoms with Crippen molar-refractivity contribution in [2.24, 2.45) is 0 Å². The maximum Gasteiger partial charge on any atom is 0.143 e. The molecule has 0 fully saturated rings. The Bertz CT molecular complexity index is 937. The van der Waals surface area contributed by atoms with E-state index in [0.717, 1.165) is 33.9 Å². The van der Waals surface area contributed by atoms with E-state index in [1.807, 2.05) is 12.3 Å². The summed E-state index contributed by atoms with van der Waals surface area (Å²) in [6.45, 7) is 2.17. The third-order valence-electron chi connectivity index (χ3n) is 3.94. The van der Waals surface area contributed by atoms with Gasteiger partial charge in [0.15, 0.2) is 0 Å². The highest BCUT2D eigenvalue weighted by molar-refractivity contribution is 6.09. The van der Waals surface area contributed by atoms with Crippen molar-refractivity contribution in [1.29, 1.82) is 0 Å². The lowest BCUT2D eigenvalue weighted by Gasteiger charge is -2.04. The Morgan fingerprint density at radius 3 is 2.81 bits per heavy atom. The number of hydrogen-bond acceptors (Lipinski definition) is 2. The smallest absolute Gasteiger partial charge is 0.143 e. The Hall–Kier alpha value is -2.61. The molecule has 0 bridgehead atoms. The molecular weight excluding hydrogens is 258 g/mol. The van der Waals surface area contributed by atoms with E-state index in [-0.39, 0.29) is 0 Å². The molecule has 2 heteroatoms. The summed E-state index contributed by atoms with van der Waals surface area (Å²) >= 11 is 0. The van der Waals surface area contributed by atoms with Crippen molar-refractivity contribution in [3.05, 3.63) is 66.5 Å². The van der Waals surface area contributed by atoms with Gasteiger partial charge in [-0.1, -0.05) is 49.4 Å². The predicted octanol–water partition coefficient (Wildman–Crippen LogP) is 5.21. The lowest BCUT2D eigenvalue weighted by Crippen LogP contribution is -1.83. The van der Waals surface area contributed by atoms with Crippen LogP contribution in [0.5, 0.6) is 0 Å². The lowest BCUT2D eigenvalue weighted by molar-refractivity contribution is 0.669. The Morgan fingerprint density at radius 2 is 1.90 bits per heavy atom. The van der Waals surface area contributed by atoms with E-state index in [1.165, 1.54) is 11.1 Å². The zero-order valence-corrected chi connectivity index (χ0v) is 11.8. The highest BCUT2D eigenvalue weighted by Gasteiger charge is 2.11. The second-order valence-electron chi connectivity index (χ2n) is 5.21. The quantitative estimate of drug-likeness (QED) is 0.501. The van der Waals surface area contributed by atoms with Crippen molar-refractivity contribution in [2.75, 3.05) is 0 Å². The number of para-hydroxylation sites is 1. The van der Waals surface area contributed by atoms with Gasteiger partial charge in [-0.2, -0.15) is 0 Å². The highest BCUT2D eigenvalue weighted by atomic mass is 16.3. The lowest BCUT2D eigenvalue weighted by atomic mass is 10.00. The van der Waals surface area contributed by atoms with Crippen LogP contribution in [0.4, 0.5) is 0 Å². The summed E-state index contributed by atoms with van der Waals surface area (Å²) in [6.07, 6.45) is 4.67. The van der Waals surface area contributed by atoms with Crippen LogP contribution in [0.1, 0.15) is 12.5 Å². The Balaban J connectivity index is 2.04. The number of rotatable bonds is 2. The number of pyridine rings is 1. The summed E-state index contributed by atoms with van der Waals surface area (Å²) in [5.41, 5.74) is 5.50. The number of benzene rings is 2. The van der Waals surface area contributed by atoms with Gasteiger partial charge >= 0.3 is 0 Å². The summed E-state index contributed by atoms with van der Waals surface area (Å²) in [5, 5.41) is 2.19. The second-order valence-corrected chi connectivity index (χ2v) is 5.21. The van der Waals surface area contributed by atoms with Crippen molar-refractivity contribution >= 4 is 21.9 Å². The summed E-state index contributed by atoms with van der Waals surface area (Å²) in [4.78, 5) is 4.21. The zero-order valence-electron chi connectivity index (χ0n) is 11.8. The first kappa shape index (κ1) is 12.2. The fourth-order valence-corrected chi connectivity index (χ4v) is 2.83. The topological polar surface area (TPSA) is 26.0 Å². The third-order valence-corrected chi connectivity index (χ3v) is 3.94. The molecule has 0 spiro atoms. The van der Waals surface area contributed by atoms with E-state index in [2.05, 4.69) is 54.4 Å². The van der Waals surface area contributed by atoms with E-state index in [9.17, 15) is 0 Å². The monoisotopic (exact) mass is 273 g/mol. The number of furan rings is 1. The molecule has 0 atom stereocenters. The normalized spacial score (nSPS) is 11.3. The molecule has 0 radical (unpaired) electrons. The molecule has 0 aliphatic heterocycles. The van der Waals surface area contributed by atoms with Gasteiger partial charge in [-0.25, -0.2) is 0 Å². The zero-order chi connectivity index (χ0) is 14.2. The van der Waals surface area contributed by atoms with Crippen LogP contribution in [-0.2, 0) is 6.42 Å². The number of hydrogen-bond donors (Lipinski definition) is 0. The molecule has 4 rings (SSSR count). The van der Waals surface area contributed by atoms with Crippen molar-refractivity contribution in [3.63, 3.8) is 0 Å². The number of aromatic nitrogens is 1. The Labute approximate surface area is 123 Å². The molecule has 0 unspecified atom stereocenters. The molecule has 0 N–H and O–H groups in total. The minimum absolute atomic E-state index is 0.888. The van der Waals surface area contributed by atoms with Crippen LogP contribution in [0.15, 0.2) is 65.3 Å². The molecule has 102 valence electrons. The molecule has 2 aromatic carbocycles. The molecule has 0 aliphatic carbocycles. The summed E-state index contributed by atoms with van der Waals surface area (Å²) in [7, 11) is 0. The van der Waals surface area contributed by atoms with Gasteiger partial charge < -0.3 is 4.42 Å². The molecular formula is C19H15NO. The fourth-order valence-electron chi connectivity index (χ4n) is 2.83. The van der Waals surface area contributed by atoms with Gasteiger partial charge in [-0.3, -0.25) is 4.98 Å². The first-order chi connectivity index (χ1) is 10.4. The maximum absolute atomic E-state index is 6.07. The van der Waals surface area contributed by atoms with Crippen molar-refractivity contribution in [3.8, 4) is 11.1 Å².